The molecule has 3 aromatic rings. The Morgan fingerprint density at radius 1 is 1.16 bits per heavy atom. The molecule has 0 bridgehead atoms. The summed E-state index contributed by atoms with van der Waals surface area (Å²) in [5.74, 6) is 1.02. The molecule has 0 amide bonds. The molecule has 2 N–H and O–H groups in total. The van der Waals surface area contributed by atoms with Crippen molar-refractivity contribution in [2.75, 3.05) is 31.0 Å². The highest BCUT2D eigenvalue weighted by molar-refractivity contribution is 5.81. The largest absolute Gasteiger partial charge is 0.497 e. The highest BCUT2D eigenvalue weighted by Gasteiger charge is 2.41. The van der Waals surface area contributed by atoms with Crippen LogP contribution in [0.2, 0.25) is 0 Å². The summed E-state index contributed by atoms with van der Waals surface area (Å²) in [6.07, 6.45) is 5.03. The zero-order valence-corrected chi connectivity index (χ0v) is 21.2. The van der Waals surface area contributed by atoms with E-state index in [9.17, 15) is 4.39 Å². The average molecular weight is 506 g/mol. The molecule has 5 rings (SSSR count). The third-order valence-electron chi connectivity index (χ3n) is 6.92. The fraction of sp³-hybridized carbons (Fsp3) is 0.357. The molecule has 2 fully saturated rings. The van der Waals surface area contributed by atoms with Crippen molar-refractivity contribution in [1.29, 1.82) is 0 Å². The summed E-state index contributed by atoms with van der Waals surface area (Å²) in [6.45, 7) is 7.30. The Bertz CT molecular complexity index is 1270. The molecule has 1 spiro atoms. The number of hydrogen-bond acceptors (Lipinski definition) is 7. The molecule has 37 heavy (non-hydrogen) atoms. The van der Waals surface area contributed by atoms with Crippen LogP contribution in [0.4, 0.5) is 21.7 Å². The lowest BCUT2D eigenvalue weighted by molar-refractivity contribution is -0.181. The first kappa shape index (κ1) is 25.0. The third kappa shape index (κ3) is 5.52. The Kier molecular flexibility index (Phi) is 7.25. The van der Waals surface area contributed by atoms with Crippen molar-refractivity contribution >= 4 is 23.5 Å². The number of halogens is 1. The lowest BCUT2D eigenvalue weighted by Gasteiger charge is -2.36. The normalized spacial score (nSPS) is 17.4. The van der Waals surface area contributed by atoms with Gasteiger partial charge in [-0.2, -0.15) is 0 Å². The van der Waals surface area contributed by atoms with Gasteiger partial charge in [0.25, 0.3) is 0 Å². The van der Waals surface area contributed by atoms with Crippen LogP contribution in [0, 0.1) is 12.7 Å². The van der Waals surface area contributed by atoms with Gasteiger partial charge in [0, 0.05) is 30.3 Å². The summed E-state index contributed by atoms with van der Waals surface area (Å²) < 4.78 is 33.7. The van der Waals surface area contributed by atoms with Crippen molar-refractivity contribution in [2.45, 2.75) is 44.4 Å². The number of methoxy groups -OCH3 is 1. The summed E-state index contributed by atoms with van der Waals surface area (Å²) in [4.78, 5) is 9.30. The fourth-order valence-electron chi connectivity index (χ4n) is 4.97. The smallest absolute Gasteiger partial charge is 0.208 e. The Labute approximate surface area is 216 Å². The van der Waals surface area contributed by atoms with Gasteiger partial charge in [-0.15, -0.1) is 0 Å². The molecular weight excluding hydrogens is 473 g/mol. The molecular formula is C28H32FN5O3. The van der Waals surface area contributed by atoms with E-state index in [2.05, 4.69) is 26.8 Å². The van der Waals surface area contributed by atoms with Crippen molar-refractivity contribution in [3.63, 3.8) is 0 Å². The maximum Gasteiger partial charge on any atom is 0.208 e. The highest BCUT2D eigenvalue weighted by Crippen LogP contribution is 2.42. The summed E-state index contributed by atoms with van der Waals surface area (Å²) in [6, 6.07) is 14.3. The topological polar surface area (TPSA) is 81.9 Å². The van der Waals surface area contributed by atoms with E-state index in [0.29, 0.717) is 36.4 Å². The zero-order valence-electron chi connectivity index (χ0n) is 21.2. The van der Waals surface area contributed by atoms with Gasteiger partial charge in [0.05, 0.1) is 32.2 Å². The number of anilines is 3. The van der Waals surface area contributed by atoms with Gasteiger partial charge in [0.15, 0.2) is 5.79 Å². The number of para-hydroxylation sites is 1. The summed E-state index contributed by atoms with van der Waals surface area (Å²) in [7, 11) is 1.63. The number of imidazole rings is 1. The lowest BCUT2D eigenvalue weighted by Crippen LogP contribution is -2.36. The van der Waals surface area contributed by atoms with Crippen molar-refractivity contribution < 1.29 is 18.6 Å². The standard InChI is InChI=1S/C28H32FN5O3/c1-19-26(18-30-20(2)31-21-8-10-23(35-3)11-9-21)33-27(32-25-7-5-4-6-24(25)29)34(19)22-12-14-28(15-13-22)36-16-17-37-28/h4-11,18,22,31H,2,12-17H2,1,3H3,(H,32,33)/b30-18-. The molecule has 1 aliphatic heterocycles. The SMILES string of the molecule is C=C(/N=C\c1nc(Nc2ccccc2F)n(C2CCC3(CC2)OCCO3)c1C)Nc1ccc(OC)cc1. The number of aromatic nitrogens is 2. The minimum absolute atomic E-state index is 0.169. The molecule has 1 saturated heterocycles. The maximum absolute atomic E-state index is 14.5. The molecule has 0 atom stereocenters. The Balaban J connectivity index is 1.38. The van der Waals surface area contributed by atoms with Crippen LogP contribution in [0.3, 0.4) is 0 Å². The number of hydrogen-bond donors (Lipinski definition) is 2. The number of rotatable bonds is 8. The summed E-state index contributed by atoms with van der Waals surface area (Å²) in [5.41, 5.74) is 2.84. The van der Waals surface area contributed by atoms with Crippen LogP contribution in [-0.4, -0.2) is 41.9 Å². The van der Waals surface area contributed by atoms with Crippen LogP contribution in [0.1, 0.15) is 43.1 Å². The molecule has 1 aliphatic carbocycles. The molecule has 194 valence electrons. The van der Waals surface area contributed by atoms with E-state index in [-0.39, 0.29) is 11.9 Å². The van der Waals surface area contributed by atoms with Crippen LogP contribution in [0.15, 0.2) is 65.9 Å². The fourth-order valence-corrected chi connectivity index (χ4v) is 4.97. The van der Waals surface area contributed by atoms with Gasteiger partial charge in [0.1, 0.15) is 23.1 Å². The monoisotopic (exact) mass is 505 g/mol. The van der Waals surface area contributed by atoms with E-state index in [1.807, 2.05) is 31.2 Å². The van der Waals surface area contributed by atoms with Crippen molar-refractivity contribution in [3.8, 4) is 5.75 Å². The molecule has 2 heterocycles. The van der Waals surface area contributed by atoms with Gasteiger partial charge in [-0.05, 0) is 56.2 Å². The summed E-state index contributed by atoms with van der Waals surface area (Å²) in [5, 5.41) is 6.37. The number of aliphatic imine (C=N–C) groups is 1. The van der Waals surface area contributed by atoms with Crippen LogP contribution >= 0.6 is 0 Å². The van der Waals surface area contributed by atoms with Gasteiger partial charge in [-0.25, -0.2) is 14.4 Å². The van der Waals surface area contributed by atoms with Gasteiger partial charge in [-0.3, -0.25) is 0 Å². The molecule has 1 aromatic heterocycles. The first-order chi connectivity index (χ1) is 18.0. The Hall–Kier alpha value is -3.69. The molecule has 0 radical (unpaired) electrons. The minimum atomic E-state index is -0.459. The third-order valence-corrected chi connectivity index (χ3v) is 6.92. The van der Waals surface area contributed by atoms with Crippen LogP contribution in [0.25, 0.3) is 0 Å². The van der Waals surface area contributed by atoms with E-state index in [1.165, 1.54) is 6.07 Å². The first-order valence-corrected chi connectivity index (χ1v) is 12.5. The number of benzene rings is 2. The lowest BCUT2D eigenvalue weighted by atomic mass is 9.89. The van der Waals surface area contributed by atoms with E-state index >= 15 is 0 Å². The molecule has 0 unspecified atom stereocenters. The molecule has 9 heteroatoms. The minimum Gasteiger partial charge on any atom is -0.497 e. The van der Waals surface area contributed by atoms with Crippen LogP contribution in [0.5, 0.6) is 5.75 Å². The second-order valence-electron chi connectivity index (χ2n) is 9.28. The second kappa shape index (κ2) is 10.7. The highest BCUT2D eigenvalue weighted by atomic mass is 19.1. The van der Waals surface area contributed by atoms with E-state index in [0.717, 1.165) is 42.8 Å². The van der Waals surface area contributed by atoms with E-state index in [4.69, 9.17) is 19.2 Å². The van der Waals surface area contributed by atoms with Gasteiger partial charge < -0.3 is 29.4 Å². The van der Waals surface area contributed by atoms with Crippen molar-refractivity contribution in [2.24, 2.45) is 4.99 Å². The predicted molar refractivity (Wildman–Crippen MR) is 142 cm³/mol. The van der Waals surface area contributed by atoms with Crippen molar-refractivity contribution in [3.05, 3.63) is 78.1 Å². The van der Waals surface area contributed by atoms with Gasteiger partial charge >= 0.3 is 0 Å². The number of nitrogens with zero attached hydrogens (tertiary/aromatic N) is 3. The second-order valence-corrected chi connectivity index (χ2v) is 9.28. The molecule has 2 aliphatic rings. The average Bonchev–Trinajstić information content (AvgIpc) is 3.49. The molecule has 2 aromatic carbocycles. The quantitative estimate of drug-likeness (QED) is 0.369. The maximum atomic E-state index is 14.5. The summed E-state index contributed by atoms with van der Waals surface area (Å²) >= 11 is 0. The Morgan fingerprint density at radius 3 is 2.54 bits per heavy atom. The van der Waals surface area contributed by atoms with Crippen molar-refractivity contribution in [1.82, 2.24) is 9.55 Å². The van der Waals surface area contributed by atoms with E-state index in [1.54, 1.807) is 31.5 Å². The Morgan fingerprint density at radius 2 is 1.86 bits per heavy atom. The molecule has 1 saturated carbocycles. The number of ether oxygens (including phenoxy) is 3. The predicted octanol–water partition coefficient (Wildman–Crippen LogP) is 5.94. The van der Waals surface area contributed by atoms with Gasteiger partial charge in [0.2, 0.25) is 5.95 Å². The molecule has 8 nitrogen and oxygen atoms in total. The zero-order chi connectivity index (χ0) is 25.8. The van der Waals surface area contributed by atoms with E-state index < -0.39 is 5.79 Å². The van der Waals surface area contributed by atoms with Crippen LogP contribution in [-0.2, 0) is 9.47 Å². The van der Waals surface area contributed by atoms with Gasteiger partial charge in [-0.1, -0.05) is 18.7 Å². The number of nitrogens with one attached hydrogen (secondary N) is 2. The first-order valence-electron chi connectivity index (χ1n) is 12.5. The van der Waals surface area contributed by atoms with Crippen LogP contribution < -0.4 is 15.4 Å².